The van der Waals surface area contributed by atoms with Crippen molar-refractivity contribution in [1.82, 2.24) is 24.3 Å². The molecule has 1 saturated heterocycles. The summed E-state index contributed by atoms with van der Waals surface area (Å²) in [6.45, 7) is 6.46. The first kappa shape index (κ1) is 22.5. The number of amides is 2. The number of pyridine rings is 1. The summed E-state index contributed by atoms with van der Waals surface area (Å²) in [5.41, 5.74) is 3.15. The number of carboxylic acid groups (broad SMARTS) is 1. The monoisotopic (exact) mass is 477 g/mol. The summed E-state index contributed by atoms with van der Waals surface area (Å²) in [5, 5.41) is 12.3. The summed E-state index contributed by atoms with van der Waals surface area (Å²) in [7, 11) is 0. The average molecular weight is 478 g/mol. The summed E-state index contributed by atoms with van der Waals surface area (Å²) < 4.78 is 16.0. The number of fused-ring (bicyclic) bond motifs is 2. The molecule has 0 radical (unpaired) electrons. The van der Waals surface area contributed by atoms with Crippen LogP contribution < -0.4 is 10.2 Å². The Balaban J connectivity index is 1.47. The van der Waals surface area contributed by atoms with Gasteiger partial charge in [0.05, 0.1) is 34.7 Å². The molecule has 0 bridgehead atoms. The number of halogens is 1. The van der Waals surface area contributed by atoms with Crippen LogP contribution in [-0.2, 0) is 0 Å². The molecule has 2 atom stereocenters. The van der Waals surface area contributed by atoms with E-state index in [0.29, 0.717) is 35.4 Å². The summed E-state index contributed by atoms with van der Waals surface area (Å²) in [6.07, 6.45) is 5.40. The van der Waals surface area contributed by atoms with Crippen molar-refractivity contribution in [3.63, 3.8) is 0 Å². The van der Waals surface area contributed by atoms with Crippen molar-refractivity contribution in [3.8, 4) is 0 Å². The zero-order valence-electron chi connectivity index (χ0n) is 19.4. The second-order valence-corrected chi connectivity index (χ2v) is 8.82. The topological polar surface area (TPSA) is 116 Å². The summed E-state index contributed by atoms with van der Waals surface area (Å²) in [5.74, 6) is -0.991. The van der Waals surface area contributed by atoms with Crippen LogP contribution in [0.2, 0.25) is 0 Å². The van der Waals surface area contributed by atoms with Crippen molar-refractivity contribution >= 4 is 40.1 Å². The van der Waals surface area contributed by atoms with Crippen LogP contribution in [-0.4, -0.2) is 66.5 Å². The third-order valence-electron chi connectivity index (χ3n) is 6.21. The van der Waals surface area contributed by atoms with Gasteiger partial charge in [-0.1, -0.05) is 0 Å². The SMILES string of the molecule is Cc1cn2cc(NC(=O)c3ccc(N4CC(C)N(C(=O)O)C(C)C4)c4nccnc34)cc(F)c2n1. The number of piperazine rings is 1. The molecule has 180 valence electrons. The third kappa shape index (κ3) is 3.98. The fourth-order valence-corrected chi connectivity index (χ4v) is 4.82. The first-order valence-corrected chi connectivity index (χ1v) is 11.2. The molecule has 2 unspecified atom stereocenters. The van der Waals surface area contributed by atoms with Crippen LogP contribution in [0.25, 0.3) is 16.7 Å². The maximum absolute atomic E-state index is 14.5. The van der Waals surface area contributed by atoms with Gasteiger partial charge in [0.2, 0.25) is 0 Å². The fraction of sp³-hybridized carbons (Fsp3) is 0.292. The molecule has 0 saturated carbocycles. The molecular weight excluding hydrogens is 453 g/mol. The normalized spacial score (nSPS) is 18.3. The molecule has 10 nitrogen and oxygen atoms in total. The zero-order chi connectivity index (χ0) is 24.9. The van der Waals surface area contributed by atoms with Gasteiger partial charge in [0.25, 0.3) is 5.91 Å². The summed E-state index contributed by atoms with van der Waals surface area (Å²) in [6, 6.07) is 4.25. The molecule has 0 spiro atoms. The molecule has 1 aliphatic rings. The second kappa shape index (κ2) is 8.49. The molecule has 3 aromatic heterocycles. The van der Waals surface area contributed by atoms with Crippen molar-refractivity contribution in [1.29, 1.82) is 0 Å². The smallest absolute Gasteiger partial charge is 0.407 e. The van der Waals surface area contributed by atoms with Gasteiger partial charge < -0.3 is 19.7 Å². The van der Waals surface area contributed by atoms with Crippen LogP contribution in [0.4, 0.5) is 20.6 Å². The number of nitrogens with zero attached hydrogens (tertiary/aromatic N) is 6. The molecule has 0 aliphatic carbocycles. The lowest BCUT2D eigenvalue weighted by Crippen LogP contribution is -2.58. The summed E-state index contributed by atoms with van der Waals surface area (Å²) in [4.78, 5) is 41.3. The maximum Gasteiger partial charge on any atom is 0.407 e. The van der Waals surface area contributed by atoms with Crippen LogP contribution in [0.5, 0.6) is 0 Å². The van der Waals surface area contributed by atoms with E-state index in [-0.39, 0.29) is 23.4 Å². The molecule has 1 fully saturated rings. The number of carbonyl (C=O) groups excluding carboxylic acids is 1. The van der Waals surface area contributed by atoms with Crippen LogP contribution in [0.1, 0.15) is 29.9 Å². The van der Waals surface area contributed by atoms with Gasteiger partial charge in [-0.15, -0.1) is 0 Å². The molecule has 4 heterocycles. The van der Waals surface area contributed by atoms with Crippen LogP contribution in [0.15, 0.2) is 43.0 Å². The van der Waals surface area contributed by atoms with Gasteiger partial charge in [-0.05, 0) is 32.9 Å². The Bertz CT molecular complexity index is 1460. The number of anilines is 2. The van der Waals surface area contributed by atoms with Gasteiger partial charge in [-0.25, -0.2) is 14.2 Å². The highest BCUT2D eigenvalue weighted by atomic mass is 19.1. The number of imidazole rings is 1. The highest BCUT2D eigenvalue weighted by Crippen LogP contribution is 2.30. The Morgan fingerprint density at radius 1 is 1.09 bits per heavy atom. The largest absolute Gasteiger partial charge is 0.465 e. The number of carbonyl (C=O) groups is 2. The van der Waals surface area contributed by atoms with E-state index in [1.54, 1.807) is 37.6 Å². The first-order valence-electron chi connectivity index (χ1n) is 11.2. The molecular formula is C24H24FN7O3. The van der Waals surface area contributed by atoms with E-state index in [2.05, 4.69) is 25.2 Å². The Labute approximate surface area is 200 Å². The standard InChI is InChI=1S/C24H24FN7O3/c1-13-9-31-12-16(8-18(25)22(31)28-13)29-23(33)17-4-5-19(21-20(17)26-6-7-27-21)30-10-14(2)32(24(34)35)15(3)11-30/h4-9,12,14-15H,10-11H2,1-3H3,(H,29,33)(H,34,35). The van der Waals surface area contributed by atoms with Crippen LogP contribution in [0, 0.1) is 12.7 Å². The van der Waals surface area contributed by atoms with Gasteiger partial charge >= 0.3 is 6.09 Å². The highest BCUT2D eigenvalue weighted by Gasteiger charge is 2.34. The lowest BCUT2D eigenvalue weighted by molar-refractivity contribution is 0.0980. The molecule has 5 rings (SSSR count). The van der Waals surface area contributed by atoms with Crippen LogP contribution in [0.3, 0.4) is 0 Å². The van der Waals surface area contributed by atoms with Crippen molar-refractivity contribution in [2.45, 2.75) is 32.9 Å². The van der Waals surface area contributed by atoms with E-state index in [1.807, 2.05) is 13.8 Å². The first-order chi connectivity index (χ1) is 16.7. The van der Waals surface area contributed by atoms with Crippen LogP contribution >= 0.6 is 0 Å². The van der Waals surface area contributed by atoms with Crippen molar-refractivity contribution in [2.24, 2.45) is 0 Å². The van der Waals surface area contributed by atoms with E-state index >= 15 is 0 Å². The Hall–Kier alpha value is -4.28. The van der Waals surface area contributed by atoms with E-state index in [9.17, 15) is 19.1 Å². The number of benzene rings is 1. The number of hydrogen-bond acceptors (Lipinski definition) is 6. The highest BCUT2D eigenvalue weighted by molar-refractivity contribution is 6.13. The van der Waals surface area contributed by atoms with Gasteiger partial charge in [0, 0.05) is 43.9 Å². The lowest BCUT2D eigenvalue weighted by Gasteiger charge is -2.44. The molecule has 4 aromatic rings. The van der Waals surface area contributed by atoms with Gasteiger partial charge in [0.1, 0.15) is 11.0 Å². The Morgan fingerprint density at radius 2 is 1.77 bits per heavy atom. The Morgan fingerprint density at radius 3 is 2.46 bits per heavy atom. The van der Waals surface area contributed by atoms with Crippen molar-refractivity contribution in [2.75, 3.05) is 23.3 Å². The number of hydrogen-bond donors (Lipinski definition) is 2. The zero-order valence-corrected chi connectivity index (χ0v) is 19.4. The molecule has 11 heteroatoms. The van der Waals surface area contributed by atoms with Crippen molar-refractivity contribution in [3.05, 3.63) is 60.1 Å². The Kier molecular flexibility index (Phi) is 5.46. The minimum Gasteiger partial charge on any atom is -0.465 e. The molecule has 1 aromatic carbocycles. The van der Waals surface area contributed by atoms with Crippen molar-refractivity contribution < 1.29 is 19.1 Å². The molecule has 1 aliphatic heterocycles. The van der Waals surface area contributed by atoms with Gasteiger partial charge in [-0.2, -0.15) is 0 Å². The van der Waals surface area contributed by atoms with E-state index in [0.717, 1.165) is 5.69 Å². The quantitative estimate of drug-likeness (QED) is 0.464. The number of aromatic nitrogens is 4. The minimum atomic E-state index is -0.943. The molecule has 2 N–H and O–H groups in total. The van der Waals surface area contributed by atoms with E-state index in [4.69, 9.17) is 0 Å². The fourth-order valence-electron chi connectivity index (χ4n) is 4.82. The number of rotatable bonds is 3. The predicted octanol–water partition coefficient (Wildman–Crippen LogP) is 3.55. The third-order valence-corrected chi connectivity index (χ3v) is 6.21. The molecule has 2 amide bonds. The number of nitrogens with one attached hydrogen (secondary N) is 1. The maximum atomic E-state index is 14.5. The van der Waals surface area contributed by atoms with E-state index < -0.39 is 17.8 Å². The van der Waals surface area contributed by atoms with Gasteiger partial charge in [-0.3, -0.25) is 19.7 Å². The van der Waals surface area contributed by atoms with Gasteiger partial charge in [0.15, 0.2) is 11.5 Å². The average Bonchev–Trinajstić information content (AvgIpc) is 3.18. The minimum absolute atomic E-state index is 0.188. The van der Waals surface area contributed by atoms with E-state index in [1.165, 1.54) is 21.6 Å². The second-order valence-electron chi connectivity index (χ2n) is 8.82. The summed E-state index contributed by atoms with van der Waals surface area (Å²) >= 11 is 0. The predicted molar refractivity (Wildman–Crippen MR) is 128 cm³/mol. The molecule has 35 heavy (non-hydrogen) atoms. The lowest BCUT2D eigenvalue weighted by atomic mass is 10.1. The number of aryl methyl sites for hydroxylation is 1.